The molecule has 0 aliphatic carbocycles. The summed E-state index contributed by atoms with van der Waals surface area (Å²) in [5.74, 6) is -1.55. The van der Waals surface area contributed by atoms with Crippen LogP contribution in [-0.4, -0.2) is 69.3 Å². The minimum atomic E-state index is -1.16. The Morgan fingerprint density at radius 1 is 1.60 bits per heavy atom. The van der Waals surface area contributed by atoms with Gasteiger partial charge in [-0.1, -0.05) is 6.92 Å². The number of hydrogen-bond acceptors (Lipinski definition) is 4. The van der Waals surface area contributed by atoms with Crippen LogP contribution in [0.15, 0.2) is 0 Å². The lowest BCUT2D eigenvalue weighted by Gasteiger charge is -2.32. The van der Waals surface area contributed by atoms with Gasteiger partial charge >= 0.3 is 12.0 Å². The number of nitrogens with zero attached hydrogens (tertiary/aromatic N) is 1. The minimum Gasteiger partial charge on any atom is -0.480 e. The van der Waals surface area contributed by atoms with Gasteiger partial charge < -0.3 is 15.7 Å². The third-order valence-electron chi connectivity index (χ3n) is 3.12. The van der Waals surface area contributed by atoms with Crippen molar-refractivity contribution in [3.05, 3.63) is 0 Å². The van der Waals surface area contributed by atoms with Gasteiger partial charge in [-0.3, -0.25) is 13.9 Å². The van der Waals surface area contributed by atoms with Crippen LogP contribution in [0.4, 0.5) is 4.79 Å². The molecule has 0 bridgehead atoms. The topological polar surface area (TPSA) is 116 Å². The van der Waals surface area contributed by atoms with Crippen molar-refractivity contribution < 1.29 is 23.7 Å². The lowest BCUT2D eigenvalue weighted by molar-refractivity contribution is -0.144. The molecule has 0 aromatic carbocycles. The highest BCUT2D eigenvalue weighted by Crippen LogP contribution is 2.05. The summed E-state index contributed by atoms with van der Waals surface area (Å²) in [5, 5.41) is 13.9. The number of piperazine rings is 1. The van der Waals surface area contributed by atoms with E-state index in [-0.39, 0.29) is 30.8 Å². The monoisotopic (exact) mass is 305 g/mol. The Morgan fingerprint density at radius 3 is 2.80 bits per heavy atom. The molecule has 0 radical (unpaired) electrons. The maximum absolute atomic E-state index is 11.9. The Hall–Kier alpha value is -1.64. The first kappa shape index (κ1) is 16.4. The molecule has 3 unspecified atom stereocenters. The van der Waals surface area contributed by atoms with E-state index in [0.717, 1.165) is 4.90 Å². The van der Waals surface area contributed by atoms with E-state index in [1.165, 1.54) is 0 Å². The third-order valence-corrected chi connectivity index (χ3v) is 4.49. The average molecular weight is 305 g/mol. The molecule has 3 amide bonds. The summed E-state index contributed by atoms with van der Waals surface area (Å²) in [4.78, 5) is 35.2. The second-order valence-corrected chi connectivity index (χ2v) is 6.42. The van der Waals surface area contributed by atoms with Gasteiger partial charge in [0, 0.05) is 35.4 Å². The average Bonchev–Trinajstić information content (AvgIpc) is 2.37. The number of amides is 3. The van der Waals surface area contributed by atoms with E-state index in [1.807, 2.05) is 0 Å². The van der Waals surface area contributed by atoms with Gasteiger partial charge in [0.1, 0.15) is 12.6 Å². The van der Waals surface area contributed by atoms with Gasteiger partial charge in [0.2, 0.25) is 5.91 Å². The molecule has 0 spiro atoms. The van der Waals surface area contributed by atoms with E-state index in [4.69, 9.17) is 5.11 Å². The van der Waals surface area contributed by atoms with Crippen molar-refractivity contribution in [3.63, 3.8) is 0 Å². The second kappa shape index (κ2) is 7.22. The van der Waals surface area contributed by atoms with E-state index in [1.54, 1.807) is 13.2 Å². The number of carboxylic acids is 1. The van der Waals surface area contributed by atoms with E-state index in [0.29, 0.717) is 6.42 Å². The van der Waals surface area contributed by atoms with Crippen molar-refractivity contribution in [2.45, 2.75) is 24.6 Å². The van der Waals surface area contributed by atoms with Crippen molar-refractivity contribution in [3.8, 4) is 0 Å². The normalized spacial score (nSPS) is 21.8. The maximum atomic E-state index is 11.9. The highest BCUT2D eigenvalue weighted by molar-refractivity contribution is 7.84. The van der Waals surface area contributed by atoms with Crippen LogP contribution in [0, 0.1) is 0 Å². The molecule has 1 aliphatic heterocycles. The Kier molecular flexibility index (Phi) is 5.93. The summed E-state index contributed by atoms with van der Waals surface area (Å²) >= 11 is 0. The molecule has 20 heavy (non-hydrogen) atoms. The zero-order valence-electron chi connectivity index (χ0n) is 11.4. The molecular formula is C11H19N3O5S. The zero-order chi connectivity index (χ0) is 15.3. The lowest BCUT2D eigenvalue weighted by Crippen LogP contribution is -2.61. The fraction of sp³-hybridized carbons (Fsp3) is 0.727. The molecule has 3 N–H and O–H groups in total. The molecular weight excluding hydrogens is 286 g/mol. The molecule has 1 saturated heterocycles. The van der Waals surface area contributed by atoms with E-state index >= 15 is 0 Å². The summed E-state index contributed by atoms with van der Waals surface area (Å²) < 4.78 is 11.2. The number of carbonyl (C=O) groups is 3. The predicted octanol–water partition coefficient (Wildman–Crippen LogP) is -1.26. The SMILES string of the molecule is CC(CCNC(=O)N1CC(=O)NCC1C(=O)O)S(C)=O. The molecule has 0 saturated carbocycles. The van der Waals surface area contributed by atoms with Crippen LogP contribution in [0.25, 0.3) is 0 Å². The Morgan fingerprint density at radius 2 is 2.25 bits per heavy atom. The van der Waals surface area contributed by atoms with Crippen molar-refractivity contribution >= 4 is 28.7 Å². The van der Waals surface area contributed by atoms with Crippen LogP contribution in [0.3, 0.4) is 0 Å². The molecule has 1 rings (SSSR count). The number of hydrogen-bond donors (Lipinski definition) is 3. The Labute approximate surface area is 119 Å². The number of urea groups is 1. The predicted molar refractivity (Wildman–Crippen MR) is 72.7 cm³/mol. The van der Waals surface area contributed by atoms with Crippen molar-refractivity contribution in [1.29, 1.82) is 0 Å². The van der Waals surface area contributed by atoms with E-state index in [9.17, 15) is 18.6 Å². The zero-order valence-corrected chi connectivity index (χ0v) is 12.2. The highest BCUT2D eigenvalue weighted by atomic mass is 32.2. The fourth-order valence-corrected chi connectivity index (χ4v) is 2.18. The van der Waals surface area contributed by atoms with Gasteiger partial charge in [-0.05, 0) is 6.42 Å². The van der Waals surface area contributed by atoms with E-state index in [2.05, 4.69) is 10.6 Å². The van der Waals surface area contributed by atoms with Gasteiger partial charge in [-0.2, -0.15) is 0 Å². The highest BCUT2D eigenvalue weighted by Gasteiger charge is 2.35. The summed E-state index contributed by atoms with van der Waals surface area (Å²) in [5.41, 5.74) is 0. The van der Waals surface area contributed by atoms with Gasteiger partial charge in [-0.25, -0.2) is 9.59 Å². The van der Waals surface area contributed by atoms with Crippen LogP contribution in [0.2, 0.25) is 0 Å². The molecule has 0 aromatic heterocycles. The van der Waals surface area contributed by atoms with Gasteiger partial charge in [0.25, 0.3) is 0 Å². The molecule has 0 aromatic rings. The van der Waals surface area contributed by atoms with Crippen LogP contribution in [0.1, 0.15) is 13.3 Å². The largest absolute Gasteiger partial charge is 0.480 e. The van der Waals surface area contributed by atoms with E-state index < -0.39 is 28.8 Å². The number of nitrogens with one attached hydrogen (secondary N) is 2. The van der Waals surface area contributed by atoms with Crippen LogP contribution >= 0.6 is 0 Å². The molecule has 3 atom stereocenters. The maximum Gasteiger partial charge on any atom is 0.328 e. The first-order chi connectivity index (χ1) is 9.32. The van der Waals surface area contributed by atoms with Crippen LogP contribution in [-0.2, 0) is 20.4 Å². The molecule has 1 aliphatic rings. The summed E-state index contributed by atoms with van der Waals surface area (Å²) in [6, 6.07) is -1.66. The first-order valence-corrected chi connectivity index (χ1v) is 7.81. The number of carboxylic acid groups (broad SMARTS) is 1. The molecule has 1 fully saturated rings. The minimum absolute atomic E-state index is 0.0600. The van der Waals surface area contributed by atoms with Crippen LogP contribution in [0.5, 0.6) is 0 Å². The number of carbonyl (C=O) groups excluding carboxylic acids is 2. The molecule has 1 heterocycles. The van der Waals surface area contributed by atoms with Gasteiger partial charge in [0.05, 0.1) is 0 Å². The number of rotatable bonds is 5. The summed E-state index contributed by atoms with van der Waals surface area (Å²) in [6.45, 7) is 1.70. The van der Waals surface area contributed by atoms with Crippen molar-refractivity contribution in [2.24, 2.45) is 0 Å². The third kappa shape index (κ3) is 4.48. The van der Waals surface area contributed by atoms with Crippen molar-refractivity contribution in [2.75, 3.05) is 25.9 Å². The smallest absolute Gasteiger partial charge is 0.328 e. The molecule has 9 heteroatoms. The fourth-order valence-electron chi connectivity index (χ4n) is 1.73. The Balaban J connectivity index is 2.53. The lowest BCUT2D eigenvalue weighted by atomic mass is 10.2. The Bertz CT molecular complexity index is 428. The second-order valence-electron chi connectivity index (χ2n) is 4.62. The molecule has 8 nitrogen and oxygen atoms in total. The first-order valence-electron chi connectivity index (χ1n) is 6.19. The summed E-state index contributed by atoms with van der Waals surface area (Å²) in [7, 11) is -0.973. The quantitative estimate of drug-likeness (QED) is 0.586. The number of aliphatic carboxylic acids is 1. The standard InChI is InChI=1S/C11H19N3O5S/c1-7(20(2)19)3-4-12-11(18)14-6-9(15)13-5-8(14)10(16)17/h7-8H,3-6H2,1-2H3,(H,12,18)(H,13,15)(H,16,17). The van der Waals surface area contributed by atoms with Crippen LogP contribution < -0.4 is 10.6 Å². The molecule has 114 valence electrons. The summed E-state index contributed by atoms with van der Waals surface area (Å²) in [6.07, 6.45) is 2.11. The van der Waals surface area contributed by atoms with Gasteiger partial charge in [-0.15, -0.1) is 0 Å². The van der Waals surface area contributed by atoms with Gasteiger partial charge in [0.15, 0.2) is 0 Å². The van der Waals surface area contributed by atoms with Crippen molar-refractivity contribution in [1.82, 2.24) is 15.5 Å².